The van der Waals surface area contributed by atoms with Crippen molar-refractivity contribution in [3.8, 4) is 0 Å². The third-order valence-corrected chi connectivity index (χ3v) is 4.67. The Kier molecular flexibility index (Phi) is 4.24. The fraction of sp³-hybridized carbons (Fsp3) is 0.190. The van der Waals surface area contributed by atoms with Gasteiger partial charge in [0.05, 0.1) is 0 Å². The van der Waals surface area contributed by atoms with Gasteiger partial charge in [-0.15, -0.1) is 0 Å². The number of nitrogens with one attached hydrogen (secondary N) is 2. The Bertz CT molecular complexity index is 1090. The van der Waals surface area contributed by atoms with E-state index in [4.69, 9.17) is 4.99 Å². The molecule has 0 spiro atoms. The van der Waals surface area contributed by atoms with Gasteiger partial charge in [-0.2, -0.15) is 0 Å². The second-order valence-corrected chi connectivity index (χ2v) is 6.74. The molecular weight excluding hydrogens is 338 g/mol. The largest absolute Gasteiger partial charge is 0.326 e. The van der Waals surface area contributed by atoms with Gasteiger partial charge in [0.1, 0.15) is 0 Å². The molecule has 3 aromatic rings. The maximum Gasteiger partial charge on any atom is 0.257 e. The molecule has 27 heavy (non-hydrogen) atoms. The van der Waals surface area contributed by atoms with Crippen LogP contribution in [0.15, 0.2) is 64.4 Å². The average molecular weight is 359 g/mol. The lowest BCUT2D eigenvalue weighted by Gasteiger charge is -2.27. The Hall–Kier alpha value is -3.41. The highest BCUT2D eigenvalue weighted by Crippen LogP contribution is 2.25. The van der Waals surface area contributed by atoms with Crippen LogP contribution in [0.1, 0.15) is 28.6 Å². The van der Waals surface area contributed by atoms with Gasteiger partial charge in [0.25, 0.3) is 5.56 Å². The van der Waals surface area contributed by atoms with Gasteiger partial charge < -0.3 is 5.32 Å². The molecule has 0 fully saturated rings. The van der Waals surface area contributed by atoms with Gasteiger partial charge in [-0.3, -0.25) is 14.7 Å². The number of rotatable bonds is 2. The summed E-state index contributed by atoms with van der Waals surface area (Å²) in [6, 6.07) is 17.4. The first kappa shape index (κ1) is 17.0. The van der Waals surface area contributed by atoms with E-state index in [1.807, 2.05) is 43.3 Å². The zero-order valence-electron chi connectivity index (χ0n) is 15.5. The van der Waals surface area contributed by atoms with E-state index in [1.54, 1.807) is 4.57 Å². The van der Waals surface area contributed by atoms with Gasteiger partial charge >= 0.3 is 0 Å². The molecule has 0 saturated heterocycles. The number of hydrogen-bond donors (Lipinski definition) is 2. The number of fused-ring (bicyclic) bond motifs is 1. The molecule has 4 rings (SSSR count). The quantitative estimate of drug-likeness (QED) is 0.733. The number of benzene rings is 2. The van der Waals surface area contributed by atoms with E-state index in [0.29, 0.717) is 17.6 Å². The van der Waals surface area contributed by atoms with Crippen molar-refractivity contribution in [1.29, 1.82) is 0 Å². The summed E-state index contributed by atoms with van der Waals surface area (Å²) in [4.78, 5) is 21.9. The molecule has 2 heterocycles. The zero-order valence-corrected chi connectivity index (χ0v) is 15.5. The molecule has 2 aromatic carbocycles. The minimum absolute atomic E-state index is 0.132. The molecule has 136 valence electrons. The molecule has 6 heteroatoms. The average Bonchev–Trinajstić information content (AvgIpc) is 2.64. The third kappa shape index (κ3) is 3.33. The monoisotopic (exact) mass is 359 g/mol. The van der Waals surface area contributed by atoms with Crippen LogP contribution in [-0.2, 0) is 0 Å². The Morgan fingerprint density at radius 1 is 1.00 bits per heavy atom. The molecule has 1 aromatic heterocycles. The fourth-order valence-corrected chi connectivity index (χ4v) is 3.12. The standard InChI is InChI=1S/C21H21N5O/c1-13-9-10-17(11-14(13)2)23-20-24-19(16-7-5-4-6-8-16)26-18(27)12-15(3)22-21(26)25-20/h4-12,19H,1-3H3,(H2,22,23,24,25)/t19-/m0/s1. The number of aromatic nitrogens is 2. The number of nitrogens with zero attached hydrogens (tertiary/aromatic N) is 3. The Balaban J connectivity index is 1.78. The molecule has 0 saturated carbocycles. The lowest BCUT2D eigenvalue weighted by atomic mass is 10.1. The minimum atomic E-state index is -0.475. The predicted octanol–water partition coefficient (Wildman–Crippen LogP) is 3.61. The zero-order chi connectivity index (χ0) is 19.0. The summed E-state index contributed by atoms with van der Waals surface area (Å²) in [6.45, 7) is 5.96. The van der Waals surface area contributed by atoms with Crippen molar-refractivity contribution in [1.82, 2.24) is 9.55 Å². The molecule has 0 radical (unpaired) electrons. The van der Waals surface area contributed by atoms with E-state index in [9.17, 15) is 4.79 Å². The van der Waals surface area contributed by atoms with Crippen molar-refractivity contribution >= 4 is 17.6 Å². The van der Waals surface area contributed by atoms with Crippen LogP contribution in [0.5, 0.6) is 0 Å². The first-order chi connectivity index (χ1) is 13.0. The van der Waals surface area contributed by atoms with Gasteiger partial charge in [-0.25, -0.2) is 9.98 Å². The molecule has 0 unspecified atom stereocenters. The summed E-state index contributed by atoms with van der Waals surface area (Å²) < 4.78 is 1.58. The van der Waals surface area contributed by atoms with Crippen LogP contribution < -0.4 is 16.2 Å². The molecule has 1 atom stereocenters. The van der Waals surface area contributed by atoms with Gasteiger partial charge in [0.2, 0.25) is 11.9 Å². The summed E-state index contributed by atoms with van der Waals surface area (Å²) >= 11 is 0. The number of hydrogen-bond acceptors (Lipinski definition) is 5. The van der Waals surface area contributed by atoms with Crippen LogP contribution in [0.3, 0.4) is 0 Å². The van der Waals surface area contributed by atoms with E-state index in [2.05, 4.69) is 41.6 Å². The van der Waals surface area contributed by atoms with E-state index >= 15 is 0 Å². The van der Waals surface area contributed by atoms with Crippen LogP contribution in [0.2, 0.25) is 0 Å². The van der Waals surface area contributed by atoms with E-state index in [0.717, 1.165) is 11.3 Å². The van der Waals surface area contributed by atoms with Crippen LogP contribution in [-0.4, -0.2) is 15.5 Å². The summed E-state index contributed by atoms with van der Waals surface area (Å²) in [6.07, 6.45) is -0.475. The molecule has 1 aliphatic heterocycles. The third-order valence-electron chi connectivity index (χ3n) is 4.67. The van der Waals surface area contributed by atoms with Crippen molar-refractivity contribution < 1.29 is 0 Å². The predicted molar refractivity (Wildman–Crippen MR) is 108 cm³/mol. The topological polar surface area (TPSA) is 71.3 Å². The Morgan fingerprint density at radius 3 is 2.52 bits per heavy atom. The number of anilines is 2. The van der Waals surface area contributed by atoms with E-state index in [-0.39, 0.29) is 5.56 Å². The maximum absolute atomic E-state index is 12.6. The van der Waals surface area contributed by atoms with Crippen molar-refractivity contribution in [2.24, 2.45) is 4.99 Å². The molecule has 0 bridgehead atoms. The number of aryl methyl sites for hydroxylation is 3. The highest BCUT2D eigenvalue weighted by Gasteiger charge is 2.24. The Morgan fingerprint density at radius 2 is 1.78 bits per heavy atom. The van der Waals surface area contributed by atoms with Crippen LogP contribution in [0.4, 0.5) is 11.6 Å². The molecular formula is C21H21N5O. The van der Waals surface area contributed by atoms with Crippen LogP contribution >= 0.6 is 0 Å². The summed E-state index contributed by atoms with van der Waals surface area (Å²) in [5.41, 5.74) is 4.81. The lowest BCUT2D eigenvalue weighted by molar-refractivity contribution is 0.577. The van der Waals surface area contributed by atoms with Gasteiger partial charge in [-0.1, -0.05) is 36.4 Å². The first-order valence-corrected chi connectivity index (χ1v) is 8.85. The summed E-state index contributed by atoms with van der Waals surface area (Å²) in [7, 11) is 0. The number of aliphatic imine (C=N–C) groups is 1. The second kappa shape index (κ2) is 6.72. The molecule has 6 nitrogen and oxygen atoms in total. The van der Waals surface area contributed by atoms with Gasteiger partial charge in [0, 0.05) is 17.4 Å². The highest BCUT2D eigenvalue weighted by molar-refractivity contribution is 6.03. The van der Waals surface area contributed by atoms with E-state index < -0.39 is 6.17 Å². The van der Waals surface area contributed by atoms with Crippen LogP contribution in [0, 0.1) is 20.8 Å². The molecule has 2 N–H and O–H groups in total. The molecule has 0 amide bonds. The molecule has 0 aliphatic carbocycles. The summed E-state index contributed by atoms with van der Waals surface area (Å²) in [5.74, 6) is 1.04. The van der Waals surface area contributed by atoms with Crippen molar-refractivity contribution in [3.05, 3.63) is 87.3 Å². The number of guanidine groups is 1. The highest BCUT2D eigenvalue weighted by atomic mass is 16.1. The minimum Gasteiger partial charge on any atom is -0.326 e. The normalized spacial score (nSPS) is 15.5. The Labute approximate surface area is 157 Å². The van der Waals surface area contributed by atoms with Crippen molar-refractivity contribution in [2.45, 2.75) is 26.9 Å². The first-order valence-electron chi connectivity index (χ1n) is 8.85. The SMILES string of the molecule is Cc1cc(=O)n2c(n1)NC(Nc1ccc(C)c(C)c1)=N[C@@H]2c1ccccc1. The fourth-order valence-electron chi connectivity index (χ4n) is 3.12. The molecule has 1 aliphatic rings. The summed E-state index contributed by atoms with van der Waals surface area (Å²) in [5, 5.41) is 6.46. The van der Waals surface area contributed by atoms with Gasteiger partial charge in [0.15, 0.2) is 6.17 Å². The second-order valence-electron chi connectivity index (χ2n) is 6.74. The van der Waals surface area contributed by atoms with E-state index in [1.165, 1.54) is 17.2 Å². The van der Waals surface area contributed by atoms with Crippen LogP contribution in [0.25, 0.3) is 0 Å². The van der Waals surface area contributed by atoms with Crippen molar-refractivity contribution in [2.75, 3.05) is 10.6 Å². The smallest absolute Gasteiger partial charge is 0.257 e. The maximum atomic E-state index is 12.6. The van der Waals surface area contributed by atoms with Gasteiger partial charge in [-0.05, 0) is 49.6 Å². The van der Waals surface area contributed by atoms with Crippen molar-refractivity contribution in [3.63, 3.8) is 0 Å². The lowest BCUT2D eigenvalue weighted by Crippen LogP contribution is -2.37.